The van der Waals surface area contributed by atoms with E-state index in [1.54, 1.807) is 61.6 Å². The number of anilines is 7. The molecule has 0 fully saturated rings. The number of phenols is 2. The van der Waals surface area contributed by atoms with E-state index in [-0.39, 0.29) is 28.0 Å². The smallest absolute Gasteiger partial charge is 0.229 e. The summed E-state index contributed by atoms with van der Waals surface area (Å²) in [5.74, 6) is 0.748. The number of rotatable bonds is 6. The summed E-state index contributed by atoms with van der Waals surface area (Å²) < 4.78 is 23.3. The van der Waals surface area contributed by atoms with Gasteiger partial charge in [0.2, 0.25) is 5.95 Å². The number of nitrogens with one attached hydrogen (secondary N) is 3. The Morgan fingerprint density at radius 2 is 1.44 bits per heavy atom. The van der Waals surface area contributed by atoms with Crippen LogP contribution in [0.4, 0.5) is 40.2 Å². The van der Waals surface area contributed by atoms with Crippen molar-refractivity contribution in [1.82, 2.24) is 9.97 Å². The highest BCUT2D eigenvalue weighted by atomic mass is 32.2. The van der Waals surface area contributed by atoms with Crippen molar-refractivity contribution in [3.05, 3.63) is 72.9 Å². The topological polar surface area (TPSA) is 189 Å². The Labute approximate surface area is 208 Å². The highest BCUT2D eigenvalue weighted by molar-refractivity contribution is 7.90. The van der Waals surface area contributed by atoms with Crippen LogP contribution in [-0.4, -0.2) is 41.9 Å². The predicted octanol–water partition coefficient (Wildman–Crippen LogP) is 3.67. The van der Waals surface area contributed by atoms with Crippen LogP contribution in [0.1, 0.15) is 0 Å². The number of nitrogen functional groups attached to an aromatic ring is 2. The summed E-state index contributed by atoms with van der Waals surface area (Å²) in [6.07, 6.45) is 2.67. The fraction of sp³-hybridized carbons (Fsp3) is 0.0833. The Hall–Kier alpha value is -4.71. The number of aromatic hydroxyl groups is 2. The molecule has 11 nitrogen and oxygen atoms in total. The summed E-state index contributed by atoms with van der Waals surface area (Å²) in [5.41, 5.74) is 13.3. The Morgan fingerprint density at radius 1 is 0.833 bits per heavy atom. The first-order chi connectivity index (χ1) is 17.1. The van der Waals surface area contributed by atoms with E-state index < -0.39 is 9.84 Å². The van der Waals surface area contributed by atoms with Crippen LogP contribution in [0.5, 0.6) is 11.5 Å². The van der Waals surface area contributed by atoms with E-state index in [2.05, 4.69) is 25.9 Å². The van der Waals surface area contributed by atoms with Crippen molar-refractivity contribution >= 4 is 50.0 Å². The summed E-state index contributed by atoms with van der Waals surface area (Å²) in [7, 11) is -1.58. The molecule has 0 aliphatic rings. The molecule has 3 aromatic carbocycles. The predicted molar refractivity (Wildman–Crippen MR) is 143 cm³/mol. The Kier molecular flexibility index (Phi) is 8.02. The third-order valence-electron chi connectivity index (χ3n) is 4.84. The summed E-state index contributed by atoms with van der Waals surface area (Å²) in [6.45, 7) is 0. The quantitative estimate of drug-likeness (QED) is 0.148. The monoisotopic (exact) mass is 509 g/mol. The van der Waals surface area contributed by atoms with E-state index in [4.69, 9.17) is 11.5 Å². The third kappa shape index (κ3) is 6.67. The second-order valence-corrected chi connectivity index (χ2v) is 9.57. The lowest BCUT2D eigenvalue weighted by Gasteiger charge is -2.11. The molecular weight excluding hydrogens is 482 g/mol. The van der Waals surface area contributed by atoms with Gasteiger partial charge in [0.25, 0.3) is 0 Å². The van der Waals surface area contributed by atoms with Crippen LogP contribution >= 0.6 is 0 Å². The van der Waals surface area contributed by atoms with Gasteiger partial charge in [-0.1, -0.05) is 18.2 Å². The first-order valence-corrected chi connectivity index (χ1v) is 12.5. The number of aromatic nitrogens is 2. The lowest BCUT2D eigenvalue weighted by molar-refractivity contribution is 0.480. The molecule has 1 heterocycles. The Balaban J connectivity index is 0.000000303. The molecule has 4 rings (SSSR count). The van der Waals surface area contributed by atoms with Crippen molar-refractivity contribution in [2.75, 3.05) is 40.7 Å². The highest BCUT2D eigenvalue weighted by Crippen LogP contribution is 2.31. The van der Waals surface area contributed by atoms with Gasteiger partial charge in [0, 0.05) is 25.2 Å². The van der Waals surface area contributed by atoms with Crippen LogP contribution in [0.3, 0.4) is 0 Å². The Bertz CT molecular complexity index is 1460. The molecule has 4 aromatic rings. The first-order valence-electron chi connectivity index (χ1n) is 10.6. The molecule has 0 saturated carbocycles. The number of hydrogen-bond acceptors (Lipinski definition) is 11. The number of nitrogens with zero attached hydrogens (tertiary/aromatic N) is 2. The second kappa shape index (κ2) is 11.1. The Morgan fingerprint density at radius 3 is 2.06 bits per heavy atom. The summed E-state index contributed by atoms with van der Waals surface area (Å²) in [6, 6.07) is 18.1. The van der Waals surface area contributed by atoms with Gasteiger partial charge in [-0.25, -0.2) is 13.4 Å². The third-order valence-corrected chi connectivity index (χ3v) is 5.95. The summed E-state index contributed by atoms with van der Waals surface area (Å²) in [4.78, 5) is 8.60. The molecule has 9 N–H and O–H groups in total. The van der Waals surface area contributed by atoms with Gasteiger partial charge in [0.05, 0.1) is 27.6 Å². The number of para-hydroxylation sites is 2. The van der Waals surface area contributed by atoms with Gasteiger partial charge >= 0.3 is 0 Å². The van der Waals surface area contributed by atoms with E-state index in [1.807, 2.05) is 0 Å². The lowest BCUT2D eigenvalue weighted by atomic mass is 10.2. The minimum atomic E-state index is -3.31. The van der Waals surface area contributed by atoms with Crippen molar-refractivity contribution in [3.8, 4) is 11.5 Å². The molecule has 0 unspecified atom stereocenters. The van der Waals surface area contributed by atoms with E-state index in [0.29, 0.717) is 28.6 Å². The number of nitrogens with two attached hydrogens (primary N) is 2. The molecule has 0 atom stereocenters. The summed E-state index contributed by atoms with van der Waals surface area (Å²) in [5, 5.41) is 27.9. The molecule has 0 amide bonds. The molecule has 0 radical (unpaired) electrons. The van der Waals surface area contributed by atoms with E-state index in [9.17, 15) is 18.6 Å². The zero-order chi connectivity index (χ0) is 26.3. The molecule has 36 heavy (non-hydrogen) atoms. The number of sulfone groups is 1. The van der Waals surface area contributed by atoms with Crippen LogP contribution in [0, 0.1) is 0 Å². The van der Waals surface area contributed by atoms with Crippen LogP contribution in [0.2, 0.25) is 0 Å². The van der Waals surface area contributed by atoms with Crippen LogP contribution < -0.4 is 27.4 Å². The molecule has 0 aliphatic heterocycles. The zero-order valence-electron chi connectivity index (χ0n) is 19.6. The highest BCUT2D eigenvalue weighted by Gasteiger charge is 2.09. The standard InChI is InChI=1S/C17H17N5O3S.C7H10N2O/c1-26(24,25)12-5-2-4-11(10-12)20-17-19-9-8-15(22-17)21-14-7-3-6-13(18)16(14)23;1-9-6-4-2-3-5(8)7(6)10/h2-10,23H,18H2,1H3,(H2,19,20,21,22);2-4,9-10H,8H2,1H3. The summed E-state index contributed by atoms with van der Waals surface area (Å²) >= 11 is 0. The van der Waals surface area contributed by atoms with Crippen molar-refractivity contribution in [2.45, 2.75) is 4.90 Å². The van der Waals surface area contributed by atoms with Crippen molar-refractivity contribution in [1.29, 1.82) is 0 Å². The second-order valence-electron chi connectivity index (χ2n) is 7.55. The molecule has 1 aromatic heterocycles. The zero-order valence-corrected chi connectivity index (χ0v) is 20.4. The molecule has 0 spiro atoms. The van der Waals surface area contributed by atoms with Gasteiger partial charge in [-0.2, -0.15) is 4.98 Å². The van der Waals surface area contributed by atoms with E-state index in [0.717, 1.165) is 6.26 Å². The van der Waals surface area contributed by atoms with Crippen LogP contribution in [0.25, 0.3) is 0 Å². The average Bonchev–Trinajstić information content (AvgIpc) is 2.84. The molecular formula is C24H27N7O4S. The number of benzene rings is 3. The fourth-order valence-corrected chi connectivity index (χ4v) is 3.65. The largest absolute Gasteiger partial charge is 0.504 e. The molecule has 0 aliphatic carbocycles. The SMILES string of the molecule is CNc1cccc(N)c1O.CS(=O)(=O)c1cccc(Nc2nccc(Nc3cccc(N)c3O)n2)c1. The molecule has 0 bridgehead atoms. The maximum absolute atomic E-state index is 11.7. The van der Waals surface area contributed by atoms with Gasteiger partial charge in [-0.05, 0) is 48.5 Å². The van der Waals surface area contributed by atoms with Gasteiger partial charge in [0.1, 0.15) is 5.82 Å². The first kappa shape index (κ1) is 25.9. The van der Waals surface area contributed by atoms with Crippen LogP contribution in [-0.2, 0) is 9.84 Å². The van der Waals surface area contributed by atoms with Crippen molar-refractivity contribution in [3.63, 3.8) is 0 Å². The van der Waals surface area contributed by atoms with Gasteiger partial charge in [0.15, 0.2) is 21.3 Å². The van der Waals surface area contributed by atoms with Crippen molar-refractivity contribution in [2.24, 2.45) is 0 Å². The van der Waals surface area contributed by atoms with Crippen molar-refractivity contribution < 1.29 is 18.6 Å². The normalized spacial score (nSPS) is 10.6. The molecule has 12 heteroatoms. The van der Waals surface area contributed by atoms with Gasteiger partial charge in [-0.15, -0.1) is 0 Å². The fourth-order valence-electron chi connectivity index (χ4n) is 2.99. The minimum absolute atomic E-state index is 0.0681. The maximum Gasteiger partial charge on any atom is 0.229 e. The molecule has 0 saturated heterocycles. The minimum Gasteiger partial charge on any atom is -0.504 e. The number of phenolic OH excluding ortho intramolecular Hbond substituents is 2. The van der Waals surface area contributed by atoms with Gasteiger partial charge < -0.3 is 37.6 Å². The van der Waals surface area contributed by atoms with Gasteiger partial charge in [-0.3, -0.25) is 0 Å². The lowest BCUT2D eigenvalue weighted by Crippen LogP contribution is -2.02. The van der Waals surface area contributed by atoms with E-state index in [1.165, 1.54) is 18.3 Å². The molecule has 188 valence electrons. The average molecular weight is 510 g/mol. The number of hydrogen-bond donors (Lipinski definition) is 7. The van der Waals surface area contributed by atoms with E-state index >= 15 is 0 Å². The maximum atomic E-state index is 11.7. The van der Waals surface area contributed by atoms with Crippen LogP contribution in [0.15, 0.2) is 77.8 Å².